The average Bonchev–Trinajstić information content (AvgIpc) is 3.41. The number of alkyl halides is 3. The van der Waals surface area contributed by atoms with Crippen molar-refractivity contribution >= 4 is 0 Å². The first-order valence-corrected chi connectivity index (χ1v) is 12.9. The number of hydrogen-bond donors (Lipinski definition) is 0. The Balaban J connectivity index is 1.21. The van der Waals surface area contributed by atoms with Gasteiger partial charge in [-0.05, 0) is 59.2 Å². The summed E-state index contributed by atoms with van der Waals surface area (Å²) in [6.07, 6.45) is 0.495. The van der Waals surface area contributed by atoms with Crippen LogP contribution in [-0.2, 0) is 19.3 Å². The third kappa shape index (κ3) is 5.69. The highest BCUT2D eigenvalue weighted by molar-refractivity contribution is 5.70. The SMILES string of the molecule is Fc1cccc(-c2nc3ccn(Cc4ccc(-c5ccc(OCc6ccccn6)cc5C(F)(F)F)cc4)cc-3n2)c1F. The van der Waals surface area contributed by atoms with Gasteiger partial charge in [0.25, 0.3) is 0 Å². The average molecular weight is 573 g/mol. The van der Waals surface area contributed by atoms with Gasteiger partial charge in [-0.15, -0.1) is 0 Å². The van der Waals surface area contributed by atoms with E-state index in [1.807, 2.05) is 4.57 Å². The summed E-state index contributed by atoms with van der Waals surface area (Å²) in [5.41, 5.74) is 2.08. The van der Waals surface area contributed by atoms with Gasteiger partial charge >= 0.3 is 6.18 Å². The van der Waals surface area contributed by atoms with E-state index in [2.05, 4.69) is 15.0 Å². The standard InChI is InChI=1S/C32H21F5N4O/c33-27-6-3-5-25(30(27)34)31-39-28-13-15-41(18-29(28)40-31)17-20-7-9-21(10-8-20)24-12-11-23(16-26(24)32(35,36)37)42-19-22-4-1-2-14-38-22/h1-16,18H,17,19H2. The number of fused-ring (bicyclic) bond motifs is 1. The van der Waals surface area contributed by atoms with Crippen LogP contribution in [0.25, 0.3) is 33.9 Å². The maximum Gasteiger partial charge on any atom is 0.417 e. The Labute approximate surface area is 237 Å². The molecule has 0 radical (unpaired) electrons. The fourth-order valence-electron chi connectivity index (χ4n) is 4.59. The molecule has 5 nitrogen and oxygen atoms in total. The Morgan fingerprint density at radius 2 is 1.60 bits per heavy atom. The molecular formula is C32H21F5N4O. The fourth-order valence-corrected chi connectivity index (χ4v) is 4.59. The molecule has 3 heterocycles. The maximum absolute atomic E-state index is 14.2. The number of hydrogen-bond acceptors (Lipinski definition) is 4. The van der Waals surface area contributed by atoms with Crippen molar-refractivity contribution in [3.8, 4) is 39.7 Å². The molecule has 210 valence electrons. The molecule has 0 atom stereocenters. The lowest BCUT2D eigenvalue weighted by Crippen LogP contribution is -2.08. The van der Waals surface area contributed by atoms with E-state index in [9.17, 15) is 22.0 Å². The van der Waals surface area contributed by atoms with Crippen molar-refractivity contribution in [3.05, 3.63) is 132 Å². The largest absolute Gasteiger partial charge is 0.487 e. The van der Waals surface area contributed by atoms with Crippen molar-refractivity contribution in [1.82, 2.24) is 19.5 Å². The lowest BCUT2D eigenvalue weighted by Gasteiger charge is -2.16. The van der Waals surface area contributed by atoms with Crippen LogP contribution in [0.1, 0.15) is 16.8 Å². The van der Waals surface area contributed by atoms with E-state index < -0.39 is 23.4 Å². The van der Waals surface area contributed by atoms with E-state index in [0.29, 0.717) is 29.2 Å². The van der Waals surface area contributed by atoms with Gasteiger partial charge in [0.05, 0.1) is 22.5 Å². The Morgan fingerprint density at radius 1 is 0.786 bits per heavy atom. The third-order valence-corrected chi connectivity index (χ3v) is 6.66. The van der Waals surface area contributed by atoms with Crippen molar-refractivity contribution in [2.45, 2.75) is 19.3 Å². The van der Waals surface area contributed by atoms with E-state index in [1.165, 1.54) is 24.3 Å². The smallest absolute Gasteiger partial charge is 0.417 e. The summed E-state index contributed by atoms with van der Waals surface area (Å²) in [5, 5.41) is 0. The van der Waals surface area contributed by atoms with Gasteiger partial charge in [-0.2, -0.15) is 13.2 Å². The van der Waals surface area contributed by atoms with Gasteiger partial charge in [0.15, 0.2) is 17.5 Å². The quantitative estimate of drug-likeness (QED) is 0.182. The van der Waals surface area contributed by atoms with Crippen molar-refractivity contribution in [3.63, 3.8) is 0 Å². The maximum atomic E-state index is 14.2. The van der Waals surface area contributed by atoms with E-state index in [-0.39, 0.29) is 29.3 Å². The highest BCUT2D eigenvalue weighted by Crippen LogP contribution is 2.39. The predicted octanol–water partition coefficient (Wildman–Crippen LogP) is 8.04. The van der Waals surface area contributed by atoms with Crippen LogP contribution in [0.15, 0.2) is 104 Å². The van der Waals surface area contributed by atoms with E-state index in [0.717, 1.165) is 17.7 Å². The summed E-state index contributed by atoms with van der Waals surface area (Å²) in [7, 11) is 0. The summed E-state index contributed by atoms with van der Waals surface area (Å²) < 4.78 is 77.3. The first-order valence-electron chi connectivity index (χ1n) is 12.9. The Hall–Kier alpha value is -5.12. The summed E-state index contributed by atoms with van der Waals surface area (Å²) >= 11 is 0. The van der Waals surface area contributed by atoms with Crippen LogP contribution in [0.3, 0.4) is 0 Å². The van der Waals surface area contributed by atoms with Gasteiger partial charge in [0.1, 0.15) is 18.1 Å². The van der Waals surface area contributed by atoms with Gasteiger partial charge in [-0.25, -0.2) is 18.7 Å². The van der Waals surface area contributed by atoms with Crippen LogP contribution in [-0.4, -0.2) is 19.5 Å². The molecule has 2 aliphatic rings. The van der Waals surface area contributed by atoms with Crippen LogP contribution in [0.2, 0.25) is 0 Å². The molecule has 4 aromatic rings. The van der Waals surface area contributed by atoms with Crippen molar-refractivity contribution in [2.75, 3.05) is 0 Å². The molecule has 0 saturated carbocycles. The van der Waals surface area contributed by atoms with Crippen molar-refractivity contribution < 1.29 is 26.7 Å². The zero-order valence-corrected chi connectivity index (χ0v) is 21.8. The fraction of sp³-hybridized carbons (Fsp3) is 0.0938. The van der Waals surface area contributed by atoms with Crippen LogP contribution in [0.4, 0.5) is 22.0 Å². The number of halogens is 5. The van der Waals surface area contributed by atoms with Gasteiger partial charge in [0, 0.05) is 25.1 Å². The van der Waals surface area contributed by atoms with Crippen LogP contribution >= 0.6 is 0 Å². The monoisotopic (exact) mass is 572 g/mol. The Bertz CT molecular complexity index is 1820. The van der Waals surface area contributed by atoms with Crippen LogP contribution in [0, 0.1) is 11.6 Å². The molecule has 0 bridgehead atoms. The molecule has 0 fully saturated rings. The third-order valence-electron chi connectivity index (χ3n) is 6.66. The van der Waals surface area contributed by atoms with Crippen molar-refractivity contribution in [2.24, 2.45) is 0 Å². The molecule has 3 aromatic carbocycles. The van der Waals surface area contributed by atoms with Gasteiger partial charge < -0.3 is 9.30 Å². The first-order chi connectivity index (χ1) is 20.2. The number of pyridine rings is 2. The second-order valence-corrected chi connectivity index (χ2v) is 9.55. The summed E-state index contributed by atoms with van der Waals surface area (Å²) in [5.74, 6) is -1.81. The molecule has 42 heavy (non-hydrogen) atoms. The Kier molecular flexibility index (Phi) is 7.12. The summed E-state index contributed by atoms with van der Waals surface area (Å²) in [6, 6.07) is 21.5. The van der Waals surface area contributed by atoms with Crippen molar-refractivity contribution in [1.29, 1.82) is 0 Å². The number of imidazole rings is 1. The topological polar surface area (TPSA) is 52.8 Å². The Morgan fingerprint density at radius 3 is 2.36 bits per heavy atom. The van der Waals surface area contributed by atoms with E-state index >= 15 is 0 Å². The van der Waals surface area contributed by atoms with Gasteiger partial charge in [0.2, 0.25) is 0 Å². The lowest BCUT2D eigenvalue weighted by atomic mass is 9.98. The molecule has 6 rings (SSSR count). The van der Waals surface area contributed by atoms with Gasteiger partial charge in [-0.3, -0.25) is 4.98 Å². The predicted molar refractivity (Wildman–Crippen MR) is 147 cm³/mol. The molecule has 0 amide bonds. The summed E-state index contributed by atoms with van der Waals surface area (Å²) in [6.45, 7) is 0.452. The van der Waals surface area contributed by atoms with Crippen LogP contribution < -0.4 is 4.74 Å². The number of benzene rings is 3. The molecule has 0 unspecified atom stereocenters. The number of ether oxygens (including phenoxy) is 1. The minimum absolute atomic E-state index is 0.0284. The molecular weight excluding hydrogens is 551 g/mol. The molecule has 0 N–H and O–H groups in total. The summed E-state index contributed by atoms with van der Waals surface area (Å²) in [4.78, 5) is 12.8. The molecule has 10 heteroatoms. The molecule has 0 spiro atoms. The van der Waals surface area contributed by atoms with Gasteiger partial charge in [-0.1, -0.05) is 42.5 Å². The first kappa shape index (κ1) is 27.1. The molecule has 0 saturated heterocycles. The second kappa shape index (κ2) is 11.0. The highest BCUT2D eigenvalue weighted by Gasteiger charge is 2.34. The molecule has 2 aliphatic heterocycles. The number of nitrogens with zero attached hydrogens (tertiary/aromatic N) is 4. The highest BCUT2D eigenvalue weighted by atomic mass is 19.4. The minimum atomic E-state index is -4.59. The second-order valence-electron chi connectivity index (χ2n) is 9.55. The zero-order valence-electron chi connectivity index (χ0n) is 21.8. The normalized spacial score (nSPS) is 11.6. The zero-order chi connectivity index (χ0) is 29.3. The van der Waals surface area contributed by atoms with E-state index in [1.54, 1.807) is 67.1 Å². The number of aromatic nitrogens is 4. The number of rotatable bonds is 7. The lowest BCUT2D eigenvalue weighted by molar-refractivity contribution is -0.137. The van der Waals surface area contributed by atoms with E-state index in [4.69, 9.17) is 4.74 Å². The molecule has 0 aliphatic carbocycles. The molecule has 1 aromatic heterocycles. The minimum Gasteiger partial charge on any atom is -0.487 e. The van der Waals surface area contributed by atoms with Crippen LogP contribution in [0.5, 0.6) is 5.75 Å².